The summed E-state index contributed by atoms with van der Waals surface area (Å²) >= 11 is 0.955. The summed E-state index contributed by atoms with van der Waals surface area (Å²) in [5, 5.41) is 11.4. The summed E-state index contributed by atoms with van der Waals surface area (Å²) in [6.45, 7) is 5.77. The van der Waals surface area contributed by atoms with Crippen LogP contribution in [0.5, 0.6) is 5.75 Å². The van der Waals surface area contributed by atoms with E-state index < -0.39 is 23.7 Å². The average Bonchev–Trinajstić information content (AvgIpc) is 3.36. The molecule has 1 unspecified atom stereocenters. The number of ether oxygens (including phenoxy) is 2. The molecule has 0 spiro atoms. The number of hydrogen-bond acceptors (Lipinski definition) is 9. The van der Waals surface area contributed by atoms with Gasteiger partial charge in [0.05, 0.1) is 30.5 Å². The second-order valence-corrected chi connectivity index (χ2v) is 8.52. The summed E-state index contributed by atoms with van der Waals surface area (Å²) in [7, 11) is 0. The number of hydrogen-bond donors (Lipinski definition) is 1. The maximum Gasteiger partial charge on any atom is 0.350 e. The van der Waals surface area contributed by atoms with E-state index in [-0.39, 0.29) is 27.9 Å². The molecule has 0 saturated carbocycles. The summed E-state index contributed by atoms with van der Waals surface area (Å²) in [4.78, 5) is 48.7. The first-order valence-electron chi connectivity index (χ1n) is 11.0. The van der Waals surface area contributed by atoms with Crippen molar-refractivity contribution in [3.05, 3.63) is 76.1 Å². The van der Waals surface area contributed by atoms with Gasteiger partial charge in [0, 0.05) is 18.0 Å². The monoisotopic (exact) mass is 493 g/mol. The highest BCUT2D eigenvalue weighted by atomic mass is 32.1. The van der Waals surface area contributed by atoms with Gasteiger partial charge in [0.1, 0.15) is 16.4 Å². The van der Waals surface area contributed by atoms with E-state index in [0.717, 1.165) is 11.3 Å². The van der Waals surface area contributed by atoms with E-state index in [1.165, 1.54) is 17.3 Å². The number of Topliss-reactive ketones (excluding diaryl/α,β-unsaturated/α-hetero) is 1. The number of thiazole rings is 1. The van der Waals surface area contributed by atoms with Crippen molar-refractivity contribution in [1.82, 2.24) is 9.97 Å². The normalized spacial score (nSPS) is 17.0. The van der Waals surface area contributed by atoms with Gasteiger partial charge in [-0.05, 0) is 50.6 Å². The number of carbonyl (C=O) groups is 3. The van der Waals surface area contributed by atoms with Gasteiger partial charge in [-0.25, -0.2) is 9.78 Å². The number of esters is 1. The molecule has 180 valence electrons. The molecule has 1 N–H and O–H groups in total. The lowest BCUT2D eigenvalue weighted by Crippen LogP contribution is -2.29. The number of pyridine rings is 1. The van der Waals surface area contributed by atoms with Crippen LogP contribution in [0.1, 0.15) is 46.4 Å². The fraction of sp³-hybridized carbons (Fsp3) is 0.240. The summed E-state index contributed by atoms with van der Waals surface area (Å²) in [5.41, 5.74) is 1.16. The number of ketones is 1. The molecule has 1 aromatic carbocycles. The van der Waals surface area contributed by atoms with Crippen molar-refractivity contribution in [3.63, 3.8) is 0 Å². The lowest BCUT2D eigenvalue weighted by Gasteiger charge is -2.22. The number of amides is 1. The quantitative estimate of drug-likeness (QED) is 0.227. The summed E-state index contributed by atoms with van der Waals surface area (Å²) < 4.78 is 10.6. The summed E-state index contributed by atoms with van der Waals surface area (Å²) in [5.74, 6) is -2.11. The third kappa shape index (κ3) is 4.52. The number of aliphatic hydroxyl groups is 1. The van der Waals surface area contributed by atoms with Crippen molar-refractivity contribution in [2.75, 3.05) is 18.1 Å². The third-order valence-corrected chi connectivity index (χ3v) is 6.47. The first-order valence-corrected chi connectivity index (χ1v) is 11.8. The van der Waals surface area contributed by atoms with E-state index in [1.54, 1.807) is 50.2 Å². The van der Waals surface area contributed by atoms with E-state index in [9.17, 15) is 19.5 Å². The molecule has 10 heteroatoms. The van der Waals surface area contributed by atoms with Crippen molar-refractivity contribution in [3.8, 4) is 5.75 Å². The van der Waals surface area contributed by atoms with Crippen LogP contribution in [0.15, 0.2) is 54.4 Å². The van der Waals surface area contributed by atoms with Crippen LogP contribution >= 0.6 is 11.3 Å². The minimum absolute atomic E-state index is 0.0969. The van der Waals surface area contributed by atoms with Crippen molar-refractivity contribution in [1.29, 1.82) is 0 Å². The number of nitrogens with zero attached hydrogens (tertiary/aromatic N) is 3. The number of anilines is 1. The van der Waals surface area contributed by atoms with E-state index >= 15 is 0 Å². The van der Waals surface area contributed by atoms with Crippen molar-refractivity contribution < 1.29 is 29.0 Å². The highest BCUT2D eigenvalue weighted by molar-refractivity contribution is 7.17. The Balaban J connectivity index is 1.88. The zero-order chi connectivity index (χ0) is 25.1. The third-order valence-electron chi connectivity index (χ3n) is 5.34. The van der Waals surface area contributed by atoms with Crippen LogP contribution < -0.4 is 9.64 Å². The molecule has 2 aromatic heterocycles. The Kier molecular flexibility index (Phi) is 6.92. The summed E-state index contributed by atoms with van der Waals surface area (Å²) in [6, 6.07) is 8.97. The second-order valence-electron chi connectivity index (χ2n) is 7.54. The lowest BCUT2D eigenvalue weighted by atomic mass is 9.96. The van der Waals surface area contributed by atoms with E-state index in [1.807, 2.05) is 6.92 Å². The summed E-state index contributed by atoms with van der Waals surface area (Å²) in [6.07, 6.45) is 3.06. The Labute approximate surface area is 205 Å². The van der Waals surface area contributed by atoms with Crippen molar-refractivity contribution in [2.24, 2.45) is 0 Å². The SMILES string of the molecule is CCOC(=O)c1sc(N2C(=O)C(=O)/C(=C(/O)c3cccc(OCC)c3)C2c2ccncc2)nc1C. The van der Waals surface area contributed by atoms with E-state index in [0.29, 0.717) is 29.2 Å². The standard InChI is InChI=1S/C25H23N3O6S/c1-4-33-17-8-6-7-16(13-17)20(29)18-19(15-9-11-26-12-10-15)28(23(31)21(18)30)25-27-14(3)22(35-25)24(32)34-5-2/h6-13,19,29H,4-5H2,1-3H3/b20-18+. The molecule has 1 atom stereocenters. The van der Waals surface area contributed by atoms with Gasteiger partial charge >= 0.3 is 11.9 Å². The van der Waals surface area contributed by atoms with Crippen molar-refractivity contribution in [2.45, 2.75) is 26.8 Å². The predicted octanol–water partition coefficient (Wildman–Crippen LogP) is 4.05. The van der Waals surface area contributed by atoms with Crippen molar-refractivity contribution >= 4 is 39.9 Å². The minimum Gasteiger partial charge on any atom is -0.507 e. The van der Waals surface area contributed by atoms with Gasteiger partial charge in [-0.15, -0.1) is 0 Å². The molecule has 1 aliphatic rings. The van der Waals surface area contributed by atoms with Crippen LogP contribution in [0, 0.1) is 6.92 Å². The van der Waals surface area contributed by atoms with Gasteiger partial charge in [-0.3, -0.25) is 19.5 Å². The lowest BCUT2D eigenvalue weighted by molar-refractivity contribution is -0.132. The first-order chi connectivity index (χ1) is 16.9. The molecule has 1 fully saturated rings. The van der Waals surface area contributed by atoms with E-state index in [2.05, 4.69) is 9.97 Å². The maximum absolute atomic E-state index is 13.3. The Bertz CT molecular complexity index is 1320. The molecule has 4 rings (SSSR count). The molecule has 1 saturated heterocycles. The van der Waals surface area contributed by atoms with Crippen LogP contribution in [0.2, 0.25) is 0 Å². The topological polar surface area (TPSA) is 119 Å². The number of benzene rings is 1. The molecule has 1 aliphatic heterocycles. The van der Waals surface area contributed by atoms with Crippen LogP contribution in [0.25, 0.3) is 5.76 Å². The van der Waals surface area contributed by atoms with Gasteiger partial charge in [0.2, 0.25) is 0 Å². The molecular weight excluding hydrogens is 470 g/mol. The van der Waals surface area contributed by atoms with Gasteiger partial charge in [-0.1, -0.05) is 23.5 Å². The fourth-order valence-electron chi connectivity index (χ4n) is 3.82. The molecule has 1 amide bonds. The largest absolute Gasteiger partial charge is 0.507 e. The minimum atomic E-state index is -0.977. The number of rotatable bonds is 7. The molecule has 3 aromatic rings. The first kappa shape index (κ1) is 24.1. The Morgan fingerprint density at radius 3 is 2.57 bits per heavy atom. The van der Waals surface area contributed by atoms with Crippen LogP contribution in [-0.4, -0.2) is 45.9 Å². The molecule has 3 heterocycles. The van der Waals surface area contributed by atoms with Crippen LogP contribution in [0.4, 0.5) is 5.13 Å². The Morgan fingerprint density at radius 1 is 1.14 bits per heavy atom. The highest BCUT2D eigenvalue weighted by Crippen LogP contribution is 2.44. The average molecular weight is 494 g/mol. The number of aromatic nitrogens is 2. The number of carbonyl (C=O) groups excluding carboxylic acids is 3. The van der Waals surface area contributed by atoms with Gasteiger partial charge < -0.3 is 14.6 Å². The maximum atomic E-state index is 13.3. The Morgan fingerprint density at radius 2 is 1.89 bits per heavy atom. The smallest absolute Gasteiger partial charge is 0.350 e. The van der Waals surface area contributed by atoms with Gasteiger partial charge in [0.15, 0.2) is 5.13 Å². The second kappa shape index (κ2) is 10.1. The zero-order valence-electron chi connectivity index (χ0n) is 19.3. The van der Waals surface area contributed by atoms with Gasteiger partial charge in [0.25, 0.3) is 5.78 Å². The molecule has 35 heavy (non-hydrogen) atoms. The molecular formula is C25H23N3O6S. The van der Waals surface area contributed by atoms with Crippen LogP contribution in [0.3, 0.4) is 0 Å². The number of aliphatic hydroxyl groups excluding tert-OH is 1. The molecule has 0 aliphatic carbocycles. The molecule has 9 nitrogen and oxygen atoms in total. The highest BCUT2D eigenvalue weighted by Gasteiger charge is 2.48. The molecule has 0 radical (unpaired) electrons. The van der Waals surface area contributed by atoms with E-state index in [4.69, 9.17) is 9.47 Å². The number of aryl methyl sites for hydroxylation is 1. The van der Waals surface area contributed by atoms with Crippen LogP contribution in [-0.2, 0) is 14.3 Å². The predicted molar refractivity (Wildman–Crippen MR) is 129 cm³/mol. The fourth-order valence-corrected chi connectivity index (χ4v) is 4.80. The zero-order valence-corrected chi connectivity index (χ0v) is 20.2. The molecule has 0 bridgehead atoms. The Hall–Kier alpha value is -4.05. The van der Waals surface area contributed by atoms with Gasteiger partial charge in [-0.2, -0.15) is 0 Å².